The van der Waals surface area contributed by atoms with Crippen LogP contribution in [-0.2, 0) is 19.9 Å². The van der Waals surface area contributed by atoms with Crippen LogP contribution >= 0.6 is 0 Å². The normalized spacial score (nSPS) is 22.9. The van der Waals surface area contributed by atoms with Crippen molar-refractivity contribution in [2.75, 3.05) is 26.2 Å². The number of nitrogens with two attached hydrogens (primary N) is 1. The number of hydrogen-bond donors (Lipinski definition) is 2. The number of carbonyl (C=O) groups is 4. The first-order chi connectivity index (χ1) is 15.7. The lowest BCUT2D eigenvalue weighted by Gasteiger charge is -2.34. The molecule has 2 heterocycles. The minimum absolute atomic E-state index is 0.199. The van der Waals surface area contributed by atoms with Gasteiger partial charge in [0.15, 0.2) is 0 Å². The van der Waals surface area contributed by atoms with E-state index in [2.05, 4.69) is 5.32 Å². The van der Waals surface area contributed by atoms with Gasteiger partial charge in [-0.05, 0) is 42.3 Å². The Morgan fingerprint density at radius 2 is 1.94 bits per heavy atom. The van der Waals surface area contributed by atoms with E-state index in [0.29, 0.717) is 12.1 Å². The largest absolute Gasteiger partial charge is 0.370 e. The Labute approximate surface area is 189 Å². The molecule has 2 aliphatic rings. The second-order valence-electron chi connectivity index (χ2n) is 8.14. The number of nitrogens with one attached hydrogen (secondary N) is 1. The zero-order valence-corrected chi connectivity index (χ0v) is 17.9. The van der Waals surface area contributed by atoms with E-state index in [1.807, 2.05) is 0 Å². The van der Waals surface area contributed by atoms with Crippen molar-refractivity contribution in [3.8, 4) is 0 Å². The van der Waals surface area contributed by atoms with Crippen molar-refractivity contribution in [3.05, 3.63) is 71.0 Å². The van der Waals surface area contributed by atoms with Crippen LogP contribution in [0.25, 0.3) is 0 Å². The Morgan fingerprint density at radius 1 is 1.21 bits per heavy atom. The van der Waals surface area contributed by atoms with Gasteiger partial charge in [-0.3, -0.25) is 19.3 Å². The average molecular weight is 454 g/mol. The third kappa shape index (κ3) is 4.29. The molecule has 10 heteroatoms. The molecule has 2 aliphatic heterocycles. The van der Waals surface area contributed by atoms with Crippen molar-refractivity contribution in [2.45, 2.75) is 18.6 Å². The number of benzene rings is 2. The minimum atomic E-state index is -1.44. The molecule has 2 aromatic rings. The molecule has 4 rings (SSSR count). The fraction of sp³-hybridized carbons (Fsp3) is 0.304. The van der Waals surface area contributed by atoms with Gasteiger partial charge in [0, 0.05) is 12.1 Å². The first-order valence-corrected chi connectivity index (χ1v) is 10.4. The molecule has 0 aliphatic carbocycles. The SMILES string of the molecule is CC1(c2cccc(C(N)=O)c2)NC(=O)N(CC(=O)N2CCOC(c3ccc(F)cc3)C2)C1=O. The topological polar surface area (TPSA) is 122 Å². The molecule has 2 saturated heterocycles. The molecule has 172 valence electrons. The van der Waals surface area contributed by atoms with E-state index in [1.54, 1.807) is 24.3 Å². The maximum Gasteiger partial charge on any atom is 0.325 e. The van der Waals surface area contributed by atoms with Gasteiger partial charge < -0.3 is 20.7 Å². The molecular weight excluding hydrogens is 431 g/mol. The van der Waals surface area contributed by atoms with E-state index in [-0.39, 0.29) is 24.5 Å². The summed E-state index contributed by atoms with van der Waals surface area (Å²) in [5.41, 5.74) is 5.19. The summed E-state index contributed by atoms with van der Waals surface area (Å²) in [6, 6.07) is 11.2. The number of hydrogen-bond acceptors (Lipinski definition) is 5. The molecule has 2 aromatic carbocycles. The van der Waals surface area contributed by atoms with Crippen molar-refractivity contribution in [1.29, 1.82) is 0 Å². The smallest absolute Gasteiger partial charge is 0.325 e. The van der Waals surface area contributed by atoms with E-state index in [1.165, 1.54) is 36.1 Å². The Bertz CT molecular complexity index is 1120. The number of urea groups is 1. The van der Waals surface area contributed by atoms with Crippen LogP contribution in [0.3, 0.4) is 0 Å². The quantitative estimate of drug-likeness (QED) is 0.660. The first-order valence-electron chi connectivity index (χ1n) is 10.4. The zero-order chi connectivity index (χ0) is 23.8. The molecule has 2 atom stereocenters. The highest BCUT2D eigenvalue weighted by atomic mass is 19.1. The van der Waals surface area contributed by atoms with Crippen molar-refractivity contribution in [1.82, 2.24) is 15.1 Å². The van der Waals surface area contributed by atoms with Crippen molar-refractivity contribution in [2.24, 2.45) is 5.73 Å². The van der Waals surface area contributed by atoms with Gasteiger partial charge in [0.2, 0.25) is 11.8 Å². The number of nitrogens with zero attached hydrogens (tertiary/aromatic N) is 2. The van der Waals surface area contributed by atoms with Crippen LogP contribution < -0.4 is 11.1 Å². The van der Waals surface area contributed by atoms with Crippen LogP contribution in [0.5, 0.6) is 0 Å². The van der Waals surface area contributed by atoms with Crippen LogP contribution in [0, 0.1) is 5.82 Å². The summed E-state index contributed by atoms with van der Waals surface area (Å²) in [6.07, 6.45) is -0.437. The Balaban J connectivity index is 1.47. The number of morpholine rings is 1. The second kappa shape index (κ2) is 8.62. The lowest BCUT2D eigenvalue weighted by Crippen LogP contribution is -2.48. The summed E-state index contributed by atoms with van der Waals surface area (Å²) in [5, 5.41) is 2.62. The molecular formula is C23H23FN4O5. The van der Waals surface area contributed by atoms with Crippen LogP contribution in [0.4, 0.5) is 9.18 Å². The highest BCUT2D eigenvalue weighted by Crippen LogP contribution is 2.30. The maximum absolute atomic E-state index is 13.2. The summed E-state index contributed by atoms with van der Waals surface area (Å²) < 4.78 is 18.9. The molecule has 33 heavy (non-hydrogen) atoms. The lowest BCUT2D eigenvalue weighted by atomic mass is 9.90. The number of imide groups is 1. The molecule has 0 spiro atoms. The lowest BCUT2D eigenvalue weighted by molar-refractivity contribution is -0.143. The maximum atomic E-state index is 13.2. The molecule has 5 amide bonds. The van der Waals surface area contributed by atoms with Crippen LogP contribution in [0.1, 0.15) is 34.5 Å². The fourth-order valence-corrected chi connectivity index (χ4v) is 4.01. The van der Waals surface area contributed by atoms with E-state index < -0.39 is 41.9 Å². The van der Waals surface area contributed by atoms with Crippen LogP contribution in [-0.4, -0.2) is 59.8 Å². The molecule has 3 N–H and O–H groups in total. The predicted molar refractivity (Wildman–Crippen MR) is 114 cm³/mol. The zero-order valence-electron chi connectivity index (χ0n) is 17.9. The monoisotopic (exact) mass is 454 g/mol. The number of carbonyl (C=O) groups excluding carboxylic acids is 4. The van der Waals surface area contributed by atoms with E-state index in [0.717, 1.165) is 10.5 Å². The molecule has 0 aromatic heterocycles. The molecule has 0 radical (unpaired) electrons. The fourth-order valence-electron chi connectivity index (χ4n) is 4.01. The van der Waals surface area contributed by atoms with Gasteiger partial charge in [0.05, 0.1) is 13.2 Å². The predicted octanol–water partition coefficient (Wildman–Crippen LogP) is 1.29. The summed E-state index contributed by atoms with van der Waals surface area (Å²) >= 11 is 0. The third-order valence-corrected chi connectivity index (χ3v) is 5.95. The van der Waals surface area contributed by atoms with Gasteiger partial charge in [-0.15, -0.1) is 0 Å². The van der Waals surface area contributed by atoms with E-state index in [9.17, 15) is 23.6 Å². The second-order valence-corrected chi connectivity index (χ2v) is 8.14. The number of primary amides is 1. The van der Waals surface area contributed by atoms with Gasteiger partial charge >= 0.3 is 6.03 Å². The Morgan fingerprint density at radius 3 is 2.64 bits per heavy atom. The first kappa shape index (κ1) is 22.4. The summed E-state index contributed by atoms with van der Waals surface area (Å²) in [5.74, 6) is -2.05. The van der Waals surface area contributed by atoms with Gasteiger partial charge in [0.25, 0.3) is 5.91 Å². The van der Waals surface area contributed by atoms with Gasteiger partial charge in [-0.25, -0.2) is 9.18 Å². The molecule has 9 nitrogen and oxygen atoms in total. The minimum Gasteiger partial charge on any atom is -0.370 e. The third-order valence-electron chi connectivity index (χ3n) is 5.95. The highest BCUT2D eigenvalue weighted by molar-refractivity contribution is 6.09. The van der Waals surface area contributed by atoms with E-state index in [4.69, 9.17) is 10.5 Å². The Hall–Kier alpha value is -3.79. The van der Waals surface area contributed by atoms with Crippen molar-refractivity contribution < 1.29 is 28.3 Å². The standard InChI is InChI=1S/C23H23FN4O5/c1-23(16-4-2-3-15(11-16)20(25)30)21(31)28(22(32)26-23)13-19(29)27-9-10-33-18(12-27)14-5-7-17(24)8-6-14/h2-8,11,18H,9-10,12-13H2,1H3,(H2,25,30)(H,26,32). The van der Waals surface area contributed by atoms with Crippen molar-refractivity contribution in [3.63, 3.8) is 0 Å². The van der Waals surface area contributed by atoms with Crippen molar-refractivity contribution >= 4 is 23.8 Å². The number of halogens is 1. The average Bonchev–Trinajstić information content (AvgIpc) is 3.03. The number of amides is 5. The molecule has 2 unspecified atom stereocenters. The summed E-state index contributed by atoms with van der Waals surface area (Å²) in [7, 11) is 0. The van der Waals surface area contributed by atoms with Gasteiger partial charge in [0.1, 0.15) is 24.0 Å². The van der Waals surface area contributed by atoms with Crippen LogP contribution in [0.2, 0.25) is 0 Å². The number of rotatable bonds is 5. The molecule has 0 bridgehead atoms. The molecule has 2 fully saturated rings. The van der Waals surface area contributed by atoms with Gasteiger partial charge in [-0.1, -0.05) is 24.3 Å². The summed E-state index contributed by atoms with van der Waals surface area (Å²) in [6.45, 7) is 1.86. The van der Waals surface area contributed by atoms with E-state index >= 15 is 0 Å². The summed E-state index contributed by atoms with van der Waals surface area (Å²) in [4.78, 5) is 52.6. The Kier molecular flexibility index (Phi) is 5.86. The van der Waals surface area contributed by atoms with Gasteiger partial charge in [-0.2, -0.15) is 0 Å². The number of ether oxygens (including phenoxy) is 1. The highest BCUT2D eigenvalue weighted by Gasteiger charge is 2.50. The molecule has 0 saturated carbocycles. The van der Waals surface area contributed by atoms with Crippen LogP contribution in [0.15, 0.2) is 48.5 Å².